The summed E-state index contributed by atoms with van der Waals surface area (Å²) in [5.41, 5.74) is 1.76. The van der Waals surface area contributed by atoms with Crippen LogP contribution in [0.2, 0.25) is 0 Å². The number of likely N-dealkylation sites (tertiary alicyclic amines) is 1. The van der Waals surface area contributed by atoms with E-state index in [9.17, 15) is 14.4 Å². The molecule has 1 aromatic carbocycles. The highest BCUT2D eigenvalue weighted by atomic mass is 19.3. The number of carbonyl (C=O) groups excluding carboxylic acids is 2. The lowest BCUT2D eigenvalue weighted by Gasteiger charge is -2.47. The fourth-order valence-electron chi connectivity index (χ4n) is 5.51. The van der Waals surface area contributed by atoms with Crippen LogP contribution in [0.3, 0.4) is 0 Å². The number of carboxylic acid groups (broad SMARTS) is 1. The highest BCUT2D eigenvalue weighted by Crippen LogP contribution is 2.44. The Morgan fingerprint density at radius 2 is 2.00 bits per heavy atom. The number of aliphatic carboxylic acids is 1. The first kappa shape index (κ1) is 21.9. The predicted octanol–water partition coefficient (Wildman–Crippen LogP) is 2.38. The Bertz CT molecular complexity index is 1140. The Kier molecular flexibility index (Phi) is 5.23. The van der Waals surface area contributed by atoms with E-state index in [1.807, 2.05) is 0 Å². The van der Waals surface area contributed by atoms with Crippen molar-refractivity contribution in [1.29, 1.82) is 0 Å². The lowest BCUT2D eigenvalue weighted by molar-refractivity contribution is -0.150. The molecule has 8 nitrogen and oxygen atoms in total. The minimum absolute atomic E-state index is 0.0893. The van der Waals surface area contributed by atoms with Crippen molar-refractivity contribution in [2.45, 2.75) is 55.9 Å². The number of benzene rings is 1. The van der Waals surface area contributed by atoms with Gasteiger partial charge in [-0.2, -0.15) is 5.10 Å². The number of nitrogens with one attached hydrogen (secondary N) is 1. The molecule has 0 spiro atoms. The van der Waals surface area contributed by atoms with Gasteiger partial charge in [-0.3, -0.25) is 29.3 Å². The summed E-state index contributed by atoms with van der Waals surface area (Å²) < 4.78 is 32.0. The van der Waals surface area contributed by atoms with Gasteiger partial charge in [0.2, 0.25) is 11.8 Å². The summed E-state index contributed by atoms with van der Waals surface area (Å²) in [7, 11) is 1.72. The van der Waals surface area contributed by atoms with E-state index in [0.29, 0.717) is 42.6 Å². The largest absolute Gasteiger partial charge is 0.481 e. The summed E-state index contributed by atoms with van der Waals surface area (Å²) in [6, 6.07) is 5.09. The van der Waals surface area contributed by atoms with Crippen LogP contribution in [-0.4, -0.2) is 62.6 Å². The Labute approximate surface area is 188 Å². The number of aryl methyl sites for hydroxylation is 1. The first-order chi connectivity index (χ1) is 15.6. The molecule has 2 aliphatic heterocycles. The van der Waals surface area contributed by atoms with Crippen molar-refractivity contribution in [2.24, 2.45) is 13.0 Å². The maximum absolute atomic E-state index is 15.2. The monoisotopic (exact) mass is 460 g/mol. The number of alkyl halides is 2. The lowest BCUT2D eigenvalue weighted by Crippen LogP contribution is -2.55. The number of hydrogen-bond acceptors (Lipinski definition) is 5. The number of rotatable bonds is 4. The van der Waals surface area contributed by atoms with Crippen LogP contribution in [0.5, 0.6) is 0 Å². The summed E-state index contributed by atoms with van der Waals surface area (Å²) in [6.45, 7) is 0.127. The third kappa shape index (κ3) is 3.80. The summed E-state index contributed by atoms with van der Waals surface area (Å²) >= 11 is 0. The third-order valence-corrected chi connectivity index (χ3v) is 7.48. The van der Waals surface area contributed by atoms with Gasteiger partial charge >= 0.3 is 5.97 Å². The smallest absolute Gasteiger partial charge is 0.306 e. The summed E-state index contributed by atoms with van der Waals surface area (Å²) in [5, 5.41) is 16.6. The molecule has 3 aliphatic rings. The highest BCUT2D eigenvalue weighted by molar-refractivity contribution is 6.02. The lowest BCUT2D eigenvalue weighted by atomic mass is 9.77. The standard InChI is InChI=1S/C23H26F2N4O4/c1-28-18-10-12(2-3-15(18)20(27-28)16-4-5-19(30)26-21(16)31)17-6-7-29(11-23(17,24)25)14-8-13(9-14)22(32)33/h2-3,10,13-14,16-17H,4-9,11H2,1H3,(H,32,33)(H,26,30,31). The molecule has 1 aliphatic carbocycles. The number of imide groups is 1. The number of halogens is 2. The summed E-state index contributed by atoms with van der Waals surface area (Å²) in [5.74, 6) is -6.38. The zero-order chi connectivity index (χ0) is 23.5. The third-order valence-electron chi connectivity index (χ3n) is 7.48. The number of carboxylic acids is 1. The zero-order valence-electron chi connectivity index (χ0n) is 18.3. The normalized spacial score (nSPS) is 30.2. The molecule has 2 N–H and O–H groups in total. The average molecular weight is 460 g/mol. The van der Waals surface area contributed by atoms with Crippen molar-refractivity contribution in [3.8, 4) is 0 Å². The van der Waals surface area contributed by atoms with Gasteiger partial charge in [-0.15, -0.1) is 0 Å². The second-order valence-electron chi connectivity index (χ2n) is 9.52. The number of amides is 2. The molecule has 0 bridgehead atoms. The van der Waals surface area contributed by atoms with E-state index in [2.05, 4.69) is 10.4 Å². The molecule has 3 heterocycles. The topological polar surface area (TPSA) is 105 Å². The van der Waals surface area contributed by atoms with Gasteiger partial charge in [0, 0.05) is 24.9 Å². The van der Waals surface area contributed by atoms with E-state index in [4.69, 9.17) is 5.11 Å². The number of aromatic nitrogens is 2. The number of hydrogen-bond donors (Lipinski definition) is 2. The molecule has 10 heteroatoms. The molecule has 2 atom stereocenters. The van der Waals surface area contributed by atoms with Crippen molar-refractivity contribution in [2.75, 3.05) is 13.1 Å². The molecule has 2 amide bonds. The average Bonchev–Trinajstić information content (AvgIpc) is 3.02. The Hall–Kier alpha value is -2.88. The second-order valence-corrected chi connectivity index (χ2v) is 9.52. The Balaban J connectivity index is 1.36. The van der Waals surface area contributed by atoms with E-state index in [1.54, 1.807) is 34.8 Å². The van der Waals surface area contributed by atoms with Gasteiger partial charge in [0.15, 0.2) is 0 Å². The molecule has 176 valence electrons. The molecule has 33 heavy (non-hydrogen) atoms. The summed E-state index contributed by atoms with van der Waals surface area (Å²) in [6.07, 6.45) is 1.76. The summed E-state index contributed by atoms with van der Waals surface area (Å²) in [4.78, 5) is 36.6. The molecule has 1 saturated carbocycles. The number of nitrogens with zero attached hydrogens (tertiary/aromatic N) is 3. The van der Waals surface area contributed by atoms with Gasteiger partial charge in [-0.05, 0) is 43.9 Å². The van der Waals surface area contributed by atoms with Crippen molar-refractivity contribution >= 4 is 28.7 Å². The van der Waals surface area contributed by atoms with Gasteiger partial charge in [0.05, 0.1) is 35.5 Å². The van der Waals surface area contributed by atoms with Crippen LogP contribution in [0, 0.1) is 5.92 Å². The van der Waals surface area contributed by atoms with Crippen molar-refractivity contribution in [3.05, 3.63) is 29.5 Å². The molecule has 5 rings (SSSR count). The second kappa shape index (κ2) is 7.86. The van der Waals surface area contributed by atoms with Gasteiger partial charge < -0.3 is 5.11 Å². The first-order valence-corrected chi connectivity index (χ1v) is 11.3. The SMILES string of the molecule is Cn1nc(C2CCC(=O)NC2=O)c2ccc(C3CCN(C4CC(C(=O)O)C4)CC3(F)F)cc21. The Morgan fingerprint density at radius 3 is 2.67 bits per heavy atom. The van der Waals surface area contributed by atoms with E-state index in [1.165, 1.54) is 0 Å². The predicted molar refractivity (Wildman–Crippen MR) is 114 cm³/mol. The van der Waals surface area contributed by atoms with Gasteiger partial charge in [0.25, 0.3) is 5.92 Å². The Morgan fingerprint density at radius 1 is 1.24 bits per heavy atom. The zero-order valence-corrected chi connectivity index (χ0v) is 18.3. The van der Waals surface area contributed by atoms with Crippen LogP contribution < -0.4 is 5.32 Å². The van der Waals surface area contributed by atoms with Crippen LogP contribution in [-0.2, 0) is 21.4 Å². The maximum Gasteiger partial charge on any atom is 0.306 e. The number of fused-ring (bicyclic) bond motifs is 1. The molecule has 3 fully saturated rings. The highest BCUT2D eigenvalue weighted by Gasteiger charge is 2.49. The van der Waals surface area contributed by atoms with E-state index in [0.717, 1.165) is 5.39 Å². The fourth-order valence-corrected chi connectivity index (χ4v) is 5.51. The molecular formula is C23H26F2N4O4. The van der Waals surface area contributed by atoms with E-state index < -0.39 is 29.6 Å². The molecular weight excluding hydrogens is 434 g/mol. The van der Waals surface area contributed by atoms with Crippen LogP contribution in [0.4, 0.5) is 8.78 Å². The molecule has 2 unspecified atom stereocenters. The molecule has 2 aromatic rings. The minimum atomic E-state index is -2.94. The minimum Gasteiger partial charge on any atom is -0.481 e. The van der Waals surface area contributed by atoms with Crippen molar-refractivity contribution in [3.63, 3.8) is 0 Å². The van der Waals surface area contributed by atoms with E-state index in [-0.39, 0.29) is 37.2 Å². The first-order valence-electron chi connectivity index (χ1n) is 11.3. The van der Waals surface area contributed by atoms with E-state index >= 15 is 8.78 Å². The number of carbonyl (C=O) groups is 3. The molecule has 0 radical (unpaired) electrons. The van der Waals surface area contributed by atoms with Crippen LogP contribution in [0.15, 0.2) is 18.2 Å². The van der Waals surface area contributed by atoms with Crippen LogP contribution in [0.1, 0.15) is 55.2 Å². The number of piperidine rings is 2. The van der Waals surface area contributed by atoms with Crippen molar-refractivity contribution < 1.29 is 28.3 Å². The maximum atomic E-state index is 15.2. The van der Waals surface area contributed by atoms with Gasteiger partial charge in [0.1, 0.15) is 0 Å². The van der Waals surface area contributed by atoms with Crippen molar-refractivity contribution in [1.82, 2.24) is 20.0 Å². The van der Waals surface area contributed by atoms with Gasteiger partial charge in [-0.1, -0.05) is 12.1 Å². The van der Waals surface area contributed by atoms with Crippen LogP contribution >= 0.6 is 0 Å². The molecule has 1 aromatic heterocycles. The fraction of sp³-hybridized carbons (Fsp3) is 0.565. The van der Waals surface area contributed by atoms with Gasteiger partial charge in [-0.25, -0.2) is 8.78 Å². The quantitative estimate of drug-likeness (QED) is 0.679. The molecule has 2 saturated heterocycles. The van der Waals surface area contributed by atoms with Crippen LogP contribution in [0.25, 0.3) is 10.9 Å².